The third-order valence-corrected chi connectivity index (χ3v) is 8.86. The second-order valence-electron chi connectivity index (χ2n) is 14.4. The van der Waals surface area contributed by atoms with Gasteiger partial charge < -0.3 is 4.74 Å². The number of hydrogen-bond acceptors (Lipinski definition) is 3. The quantitative estimate of drug-likeness (QED) is 0.179. The van der Waals surface area contributed by atoms with Gasteiger partial charge >= 0.3 is 0 Å². The van der Waals surface area contributed by atoms with Gasteiger partial charge in [-0.15, -0.1) is 0 Å². The van der Waals surface area contributed by atoms with Crippen molar-refractivity contribution in [2.45, 2.75) is 52.4 Å². The fourth-order valence-corrected chi connectivity index (χ4v) is 6.17. The third kappa shape index (κ3) is 5.94. The topological polar surface area (TPSA) is 44.3 Å². The van der Waals surface area contributed by atoms with Crippen molar-refractivity contribution in [1.82, 2.24) is 14.5 Å². The predicted octanol–water partition coefficient (Wildman–Crippen LogP) is 11.8. The molecule has 5 heteroatoms. The predicted molar refractivity (Wildman–Crippen MR) is 197 cm³/mol. The molecule has 4 aromatic carbocycles. The van der Waals surface area contributed by atoms with Gasteiger partial charge in [0.15, 0.2) is 5.69 Å². The molecule has 3 aromatic heterocycles. The van der Waals surface area contributed by atoms with E-state index in [2.05, 4.69) is 129 Å². The van der Waals surface area contributed by atoms with E-state index in [1.807, 2.05) is 42.7 Å². The van der Waals surface area contributed by atoms with Crippen molar-refractivity contribution in [3.8, 4) is 39.7 Å². The Labute approximate surface area is 282 Å². The smallest absolute Gasteiger partial charge is 0.191 e. The van der Waals surface area contributed by atoms with Gasteiger partial charge in [-0.2, -0.15) is 0 Å². The third-order valence-electron chi connectivity index (χ3n) is 8.86. The van der Waals surface area contributed by atoms with Crippen LogP contribution < -0.4 is 4.74 Å². The summed E-state index contributed by atoms with van der Waals surface area (Å²) >= 11 is 0. The van der Waals surface area contributed by atoms with Crippen LogP contribution in [0.5, 0.6) is 11.5 Å². The highest BCUT2D eigenvalue weighted by Crippen LogP contribution is 2.39. The van der Waals surface area contributed by atoms with E-state index in [0.717, 1.165) is 44.4 Å². The number of fused-ring (bicyclic) bond motifs is 3. The van der Waals surface area contributed by atoms with Crippen LogP contribution in [-0.4, -0.2) is 14.5 Å². The Bertz CT molecular complexity index is 2350. The fourth-order valence-electron chi connectivity index (χ4n) is 6.17. The second kappa shape index (κ2) is 11.8. The maximum Gasteiger partial charge on any atom is 0.191 e. The zero-order valence-corrected chi connectivity index (χ0v) is 28.2. The summed E-state index contributed by atoms with van der Waals surface area (Å²) in [5.41, 5.74) is 8.89. The molecule has 7 aromatic rings. The number of rotatable bonds is 5. The van der Waals surface area contributed by atoms with Crippen LogP contribution in [-0.2, 0) is 10.8 Å². The van der Waals surface area contributed by atoms with Gasteiger partial charge in [0.1, 0.15) is 17.3 Å². The number of hydrogen-bond donors (Lipinski definition) is 0. The Morgan fingerprint density at radius 2 is 1.31 bits per heavy atom. The van der Waals surface area contributed by atoms with Crippen LogP contribution in [0.1, 0.15) is 52.7 Å². The molecule has 0 aliphatic rings. The van der Waals surface area contributed by atoms with Crippen LogP contribution in [0.25, 0.3) is 54.9 Å². The Morgan fingerprint density at radius 3 is 2.04 bits per heavy atom. The number of ether oxygens (including phenoxy) is 1. The van der Waals surface area contributed by atoms with Gasteiger partial charge in [-0.3, -0.25) is 9.55 Å². The summed E-state index contributed by atoms with van der Waals surface area (Å²) in [7, 11) is 0. The van der Waals surface area contributed by atoms with Crippen LogP contribution in [0.15, 0.2) is 122 Å². The lowest BCUT2D eigenvalue weighted by Crippen LogP contribution is -2.12. The van der Waals surface area contributed by atoms with E-state index >= 15 is 0 Å². The summed E-state index contributed by atoms with van der Waals surface area (Å²) in [6.07, 6.45) is 3.73. The normalized spacial score (nSPS) is 11.9. The molecular formula is C43H38N4O. The minimum atomic E-state index is -0.0297. The van der Waals surface area contributed by atoms with Crippen LogP contribution >= 0.6 is 0 Å². The molecule has 48 heavy (non-hydrogen) atoms. The number of nitrogens with zero attached hydrogens (tertiary/aromatic N) is 4. The molecule has 236 valence electrons. The molecule has 0 fully saturated rings. The van der Waals surface area contributed by atoms with Gasteiger partial charge in [0.2, 0.25) is 0 Å². The summed E-state index contributed by atoms with van der Waals surface area (Å²) in [6.45, 7) is 21.0. The zero-order chi connectivity index (χ0) is 33.6. The van der Waals surface area contributed by atoms with E-state index in [-0.39, 0.29) is 10.8 Å². The molecular weight excluding hydrogens is 589 g/mol. The van der Waals surface area contributed by atoms with E-state index in [1.165, 1.54) is 16.7 Å². The minimum Gasteiger partial charge on any atom is -0.459 e. The van der Waals surface area contributed by atoms with Crippen molar-refractivity contribution in [1.29, 1.82) is 0 Å². The van der Waals surface area contributed by atoms with Crippen molar-refractivity contribution >= 4 is 27.5 Å². The molecule has 0 unspecified atom stereocenters. The highest BCUT2D eigenvalue weighted by Gasteiger charge is 2.20. The molecule has 0 radical (unpaired) electrons. The van der Waals surface area contributed by atoms with E-state index in [0.29, 0.717) is 17.2 Å². The standard InChI is InChI=1S/C43H38N4O/c1-42(2,3)31-17-19-45-38(24-31)30-21-33(44-7)26-35(22-30)48-34-14-15-36-37-23-29(28-11-9-8-10-12-28)13-16-39(37)47(40(36)27-34)41-25-32(18-20-46-41)43(4,5)6/h8-27H,1-6H3. The molecule has 0 amide bonds. The van der Waals surface area contributed by atoms with Crippen molar-refractivity contribution in [3.05, 3.63) is 144 Å². The van der Waals surface area contributed by atoms with E-state index in [9.17, 15) is 0 Å². The van der Waals surface area contributed by atoms with Crippen molar-refractivity contribution < 1.29 is 4.74 Å². The van der Waals surface area contributed by atoms with Crippen LogP contribution in [0.2, 0.25) is 0 Å². The maximum absolute atomic E-state index is 7.79. The highest BCUT2D eigenvalue weighted by molar-refractivity contribution is 6.10. The van der Waals surface area contributed by atoms with Gasteiger partial charge in [0.25, 0.3) is 0 Å². The van der Waals surface area contributed by atoms with Crippen molar-refractivity contribution in [2.24, 2.45) is 0 Å². The summed E-state index contributed by atoms with van der Waals surface area (Å²) in [4.78, 5) is 13.3. The second-order valence-corrected chi connectivity index (χ2v) is 14.4. The fraction of sp³-hybridized carbons (Fsp3) is 0.186. The average molecular weight is 627 g/mol. The molecule has 0 atom stereocenters. The molecule has 3 heterocycles. The van der Waals surface area contributed by atoms with Gasteiger partial charge in [0, 0.05) is 29.2 Å². The first kappa shape index (κ1) is 30.9. The summed E-state index contributed by atoms with van der Waals surface area (Å²) in [5, 5.41) is 2.25. The SMILES string of the molecule is [C-]#[N+]c1cc(Oc2ccc3c4cc(-c5ccccc5)ccc4n(-c4cc(C(C)(C)C)ccn4)c3c2)cc(-c2cc(C(C)(C)C)ccn2)c1. The highest BCUT2D eigenvalue weighted by atomic mass is 16.5. The van der Waals surface area contributed by atoms with E-state index in [4.69, 9.17) is 16.3 Å². The Morgan fingerprint density at radius 1 is 0.583 bits per heavy atom. The maximum atomic E-state index is 7.79. The largest absolute Gasteiger partial charge is 0.459 e. The lowest BCUT2D eigenvalue weighted by Gasteiger charge is -2.20. The monoisotopic (exact) mass is 626 g/mol. The summed E-state index contributed by atoms with van der Waals surface area (Å²) in [5.74, 6) is 2.11. The molecule has 5 nitrogen and oxygen atoms in total. The first-order valence-corrected chi connectivity index (χ1v) is 16.3. The molecule has 0 N–H and O–H groups in total. The summed E-state index contributed by atoms with van der Waals surface area (Å²) < 4.78 is 8.77. The molecule has 7 rings (SSSR count). The molecule has 0 saturated heterocycles. The molecule has 0 aliphatic heterocycles. The van der Waals surface area contributed by atoms with Gasteiger partial charge in [-0.1, -0.05) is 77.9 Å². The zero-order valence-electron chi connectivity index (χ0n) is 28.2. The number of aromatic nitrogens is 3. The minimum absolute atomic E-state index is 0.0224. The molecule has 0 bridgehead atoms. The molecule has 0 spiro atoms. The first-order chi connectivity index (χ1) is 23.0. The van der Waals surface area contributed by atoms with Crippen molar-refractivity contribution in [3.63, 3.8) is 0 Å². The Kier molecular flexibility index (Phi) is 7.60. The van der Waals surface area contributed by atoms with Gasteiger partial charge in [0.05, 0.1) is 23.3 Å². The molecule has 0 saturated carbocycles. The van der Waals surface area contributed by atoms with E-state index < -0.39 is 0 Å². The number of benzene rings is 4. The summed E-state index contributed by atoms with van der Waals surface area (Å²) in [6, 6.07) is 37.3. The Balaban J connectivity index is 1.37. The van der Waals surface area contributed by atoms with Gasteiger partial charge in [-0.05, 0) is 105 Å². The average Bonchev–Trinajstić information content (AvgIpc) is 3.40. The lowest BCUT2D eigenvalue weighted by atomic mass is 9.87. The lowest BCUT2D eigenvalue weighted by molar-refractivity contribution is 0.484. The first-order valence-electron chi connectivity index (χ1n) is 16.3. The van der Waals surface area contributed by atoms with E-state index in [1.54, 1.807) is 6.07 Å². The van der Waals surface area contributed by atoms with Crippen molar-refractivity contribution in [2.75, 3.05) is 0 Å². The van der Waals surface area contributed by atoms with Crippen LogP contribution in [0.4, 0.5) is 5.69 Å². The number of pyridine rings is 2. The van der Waals surface area contributed by atoms with Crippen LogP contribution in [0.3, 0.4) is 0 Å². The molecule has 0 aliphatic carbocycles. The van der Waals surface area contributed by atoms with Gasteiger partial charge in [-0.25, -0.2) is 9.83 Å². The Hall–Kier alpha value is -5.73. The van der Waals surface area contributed by atoms with Crippen LogP contribution in [0, 0.1) is 6.57 Å².